The van der Waals surface area contributed by atoms with Gasteiger partial charge in [-0.15, -0.1) is 0 Å². The maximum absolute atomic E-state index is 11.0. The molecule has 1 rings (SSSR count). The first-order valence-corrected chi connectivity index (χ1v) is 3.98. The summed E-state index contributed by atoms with van der Waals surface area (Å²) in [5.41, 5.74) is -2.42. The number of carbonyl (C=O) groups is 1. The van der Waals surface area contributed by atoms with Crippen LogP contribution in [0.2, 0.25) is 0 Å². The molecule has 5 N–H and O–H groups in total. The van der Waals surface area contributed by atoms with Crippen LogP contribution in [0.4, 0.5) is 0 Å². The number of esters is 1. The molecule has 1 aliphatic rings. The number of aliphatic hydroxyl groups is 5. The third-order valence-corrected chi connectivity index (χ3v) is 2.20. The van der Waals surface area contributed by atoms with Crippen LogP contribution in [-0.2, 0) is 9.53 Å². The molecule has 0 spiro atoms. The molecule has 4 atom stereocenters. The smallest absolute Gasteiger partial charge is 0.343 e. The lowest BCUT2D eigenvalue weighted by molar-refractivity contribution is -0.161. The molecule has 0 unspecified atom stereocenters. The lowest BCUT2D eigenvalue weighted by Gasteiger charge is -2.22. The maximum atomic E-state index is 11.0. The summed E-state index contributed by atoms with van der Waals surface area (Å²) in [7, 11) is 0. The predicted octanol–water partition coefficient (Wildman–Crippen LogP) is -3.65. The molecule has 7 heteroatoms. The minimum Gasteiger partial charge on any atom is -0.454 e. The van der Waals surface area contributed by atoms with Crippen molar-refractivity contribution in [3.05, 3.63) is 0 Å². The van der Waals surface area contributed by atoms with Crippen molar-refractivity contribution in [2.75, 3.05) is 13.2 Å². The molecule has 1 heterocycles. The zero-order valence-corrected chi connectivity index (χ0v) is 7.20. The molecule has 0 saturated carbocycles. The van der Waals surface area contributed by atoms with Gasteiger partial charge in [0.25, 0.3) is 0 Å². The van der Waals surface area contributed by atoms with Crippen LogP contribution in [0.1, 0.15) is 0 Å². The largest absolute Gasteiger partial charge is 0.454 e. The summed E-state index contributed by atoms with van der Waals surface area (Å²) in [6.45, 7) is -1.74. The minimum atomic E-state index is -2.42. The summed E-state index contributed by atoms with van der Waals surface area (Å²) in [5.74, 6) is -1.22. The topological polar surface area (TPSA) is 127 Å². The SMILES string of the molecule is O=C1O[C@@H]([C@H](O)CO)[C@H](O)[C@]1(O)CO. The van der Waals surface area contributed by atoms with Crippen LogP contribution in [0.3, 0.4) is 0 Å². The third kappa shape index (κ3) is 1.49. The highest BCUT2D eigenvalue weighted by Crippen LogP contribution is 2.27. The Labute approximate surface area is 79.2 Å². The first kappa shape index (κ1) is 11.3. The molecule has 7 nitrogen and oxygen atoms in total. The van der Waals surface area contributed by atoms with E-state index in [1.807, 2.05) is 0 Å². The fraction of sp³-hybridized carbons (Fsp3) is 0.857. The highest BCUT2D eigenvalue weighted by atomic mass is 16.6. The summed E-state index contributed by atoms with van der Waals surface area (Å²) >= 11 is 0. The average molecular weight is 208 g/mol. The van der Waals surface area contributed by atoms with Crippen molar-refractivity contribution >= 4 is 5.97 Å². The molecule has 0 aromatic heterocycles. The monoisotopic (exact) mass is 208 g/mol. The second-order valence-electron chi connectivity index (χ2n) is 3.15. The zero-order chi connectivity index (χ0) is 10.9. The Bertz CT molecular complexity index is 230. The van der Waals surface area contributed by atoms with Crippen molar-refractivity contribution in [1.29, 1.82) is 0 Å². The van der Waals surface area contributed by atoms with Crippen LogP contribution in [0.15, 0.2) is 0 Å². The Morgan fingerprint density at radius 3 is 2.43 bits per heavy atom. The van der Waals surface area contributed by atoms with Crippen molar-refractivity contribution in [3.63, 3.8) is 0 Å². The summed E-state index contributed by atoms with van der Waals surface area (Å²) in [6, 6.07) is 0. The fourth-order valence-corrected chi connectivity index (χ4v) is 1.23. The van der Waals surface area contributed by atoms with E-state index in [2.05, 4.69) is 4.74 Å². The van der Waals surface area contributed by atoms with E-state index in [4.69, 9.17) is 15.3 Å². The minimum absolute atomic E-state index is 0.726. The summed E-state index contributed by atoms with van der Waals surface area (Å²) in [6.07, 6.45) is -4.68. The molecular formula is C7H12O7. The molecule has 82 valence electrons. The Balaban J connectivity index is 2.84. The van der Waals surface area contributed by atoms with E-state index < -0.39 is 43.1 Å². The van der Waals surface area contributed by atoms with Crippen LogP contribution >= 0.6 is 0 Å². The molecule has 0 aliphatic carbocycles. The van der Waals surface area contributed by atoms with Gasteiger partial charge < -0.3 is 30.3 Å². The Hall–Kier alpha value is -0.730. The van der Waals surface area contributed by atoms with E-state index in [0.29, 0.717) is 0 Å². The van der Waals surface area contributed by atoms with Crippen molar-refractivity contribution in [2.24, 2.45) is 0 Å². The first-order chi connectivity index (χ1) is 6.47. The molecule has 0 amide bonds. The molecule has 0 radical (unpaired) electrons. The van der Waals surface area contributed by atoms with Gasteiger partial charge in [-0.05, 0) is 0 Å². The number of carbonyl (C=O) groups excluding carboxylic acids is 1. The Morgan fingerprint density at radius 1 is 1.50 bits per heavy atom. The number of rotatable bonds is 3. The van der Waals surface area contributed by atoms with E-state index in [1.165, 1.54) is 0 Å². The van der Waals surface area contributed by atoms with Gasteiger partial charge in [-0.1, -0.05) is 0 Å². The first-order valence-electron chi connectivity index (χ1n) is 3.98. The van der Waals surface area contributed by atoms with E-state index in [9.17, 15) is 15.0 Å². The van der Waals surface area contributed by atoms with Crippen molar-refractivity contribution in [2.45, 2.75) is 23.9 Å². The normalized spacial score (nSPS) is 39.6. The fourth-order valence-electron chi connectivity index (χ4n) is 1.23. The molecule has 1 saturated heterocycles. The number of aliphatic hydroxyl groups excluding tert-OH is 4. The average Bonchev–Trinajstić information content (AvgIpc) is 2.42. The van der Waals surface area contributed by atoms with Gasteiger partial charge >= 0.3 is 5.97 Å². The molecule has 0 bridgehead atoms. The highest BCUT2D eigenvalue weighted by molar-refractivity contribution is 5.83. The van der Waals surface area contributed by atoms with Gasteiger partial charge in [0, 0.05) is 0 Å². The number of hydrogen-bond donors (Lipinski definition) is 5. The predicted molar refractivity (Wildman–Crippen MR) is 41.0 cm³/mol. The molecule has 0 aromatic rings. The van der Waals surface area contributed by atoms with Crippen molar-refractivity contribution in [3.8, 4) is 0 Å². The summed E-state index contributed by atoms with van der Waals surface area (Å²) in [4.78, 5) is 11.0. The van der Waals surface area contributed by atoms with Crippen LogP contribution in [-0.4, -0.2) is 68.6 Å². The van der Waals surface area contributed by atoms with Crippen LogP contribution < -0.4 is 0 Å². The van der Waals surface area contributed by atoms with E-state index in [1.54, 1.807) is 0 Å². The standard InChI is InChI=1S/C7H12O7/c8-1-3(10)4-5(11)7(13,2-9)6(12)14-4/h3-5,8-11,13H,1-2H2/t3-,4+,5+,7-/m1/s1. The quantitative estimate of drug-likeness (QED) is 0.302. The Kier molecular flexibility index (Phi) is 3.07. The molecule has 0 aromatic carbocycles. The molecule has 1 fully saturated rings. The van der Waals surface area contributed by atoms with Gasteiger partial charge in [0.2, 0.25) is 5.60 Å². The molecule has 14 heavy (non-hydrogen) atoms. The highest BCUT2D eigenvalue weighted by Gasteiger charge is 2.57. The molecular weight excluding hydrogens is 196 g/mol. The lowest BCUT2D eigenvalue weighted by Crippen LogP contribution is -2.51. The van der Waals surface area contributed by atoms with E-state index >= 15 is 0 Å². The van der Waals surface area contributed by atoms with Gasteiger partial charge in [0.05, 0.1) is 13.2 Å². The van der Waals surface area contributed by atoms with E-state index in [0.717, 1.165) is 0 Å². The Morgan fingerprint density at radius 2 is 2.07 bits per heavy atom. The van der Waals surface area contributed by atoms with E-state index in [-0.39, 0.29) is 0 Å². The number of cyclic esters (lactones) is 1. The van der Waals surface area contributed by atoms with Gasteiger partial charge in [-0.25, -0.2) is 4.79 Å². The maximum Gasteiger partial charge on any atom is 0.343 e. The second-order valence-corrected chi connectivity index (χ2v) is 3.15. The van der Waals surface area contributed by atoms with Gasteiger partial charge in [-0.2, -0.15) is 0 Å². The summed E-state index contributed by atoms with van der Waals surface area (Å²) < 4.78 is 4.42. The van der Waals surface area contributed by atoms with Crippen LogP contribution in [0.25, 0.3) is 0 Å². The number of ether oxygens (including phenoxy) is 1. The lowest BCUT2D eigenvalue weighted by atomic mass is 9.95. The van der Waals surface area contributed by atoms with Gasteiger partial charge in [0.15, 0.2) is 6.10 Å². The van der Waals surface area contributed by atoms with Gasteiger partial charge in [0.1, 0.15) is 12.2 Å². The molecule has 1 aliphatic heterocycles. The van der Waals surface area contributed by atoms with Crippen LogP contribution in [0.5, 0.6) is 0 Å². The van der Waals surface area contributed by atoms with Gasteiger partial charge in [-0.3, -0.25) is 0 Å². The van der Waals surface area contributed by atoms with Crippen LogP contribution in [0, 0.1) is 0 Å². The third-order valence-electron chi connectivity index (χ3n) is 2.20. The van der Waals surface area contributed by atoms with Crippen molar-refractivity contribution in [1.82, 2.24) is 0 Å². The number of hydrogen-bond acceptors (Lipinski definition) is 7. The zero-order valence-electron chi connectivity index (χ0n) is 7.20. The summed E-state index contributed by atoms with van der Waals surface area (Å²) in [5, 5.41) is 45.1. The van der Waals surface area contributed by atoms with Crippen molar-refractivity contribution < 1.29 is 35.1 Å². The second kappa shape index (κ2) is 3.79.